The zero-order chi connectivity index (χ0) is 19.3. The van der Waals surface area contributed by atoms with Gasteiger partial charge < -0.3 is 14.5 Å². The first kappa shape index (κ1) is 19.2. The third-order valence-electron chi connectivity index (χ3n) is 4.53. The van der Waals surface area contributed by atoms with E-state index >= 15 is 0 Å². The Morgan fingerprint density at radius 3 is 2.30 bits per heavy atom. The second-order valence-electron chi connectivity index (χ2n) is 6.18. The molecule has 1 aliphatic rings. The highest BCUT2D eigenvalue weighted by Gasteiger charge is 2.24. The van der Waals surface area contributed by atoms with Gasteiger partial charge in [0.2, 0.25) is 15.9 Å². The van der Waals surface area contributed by atoms with Gasteiger partial charge in [-0.3, -0.25) is 4.79 Å². The van der Waals surface area contributed by atoms with Crippen molar-refractivity contribution in [2.45, 2.75) is 4.90 Å². The first-order chi connectivity index (χ1) is 13.0. The lowest BCUT2D eigenvalue weighted by Gasteiger charge is -2.36. The molecule has 2 aromatic rings. The average Bonchev–Trinajstić information content (AvgIpc) is 2.73. The van der Waals surface area contributed by atoms with Crippen LogP contribution in [0.4, 0.5) is 5.69 Å². The van der Waals surface area contributed by atoms with Gasteiger partial charge in [0.15, 0.2) is 0 Å². The molecule has 1 aliphatic heterocycles. The van der Waals surface area contributed by atoms with Gasteiger partial charge in [0, 0.05) is 26.2 Å². The Morgan fingerprint density at radius 2 is 1.63 bits per heavy atom. The normalized spacial score (nSPS) is 14.9. The summed E-state index contributed by atoms with van der Waals surface area (Å²) in [5, 5.41) is 0. The molecule has 1 amide bonds. The highest BCUT2D eigenvalue weighted by atomic mass is 32.2. The molecule has 0 saturated carbocycles. The van der Waals surface area contributed by atoms with Gasteiger partial charge >= 0.3 is 0 Å². The van der Waals surface area contributed by atoms with E-state index in [4.69, 9.17) is 4.74 Å². The first-order valence-electron chi connectivity index (χ1n) is 8.72. The van der Waals surface area contributed by atoms with Crippen molar-refractivity contribution in [2.75, 3.05) is 44.7 Å². The van der Waals surface area contributed by atoms with Crippen LogP contribution in [-0.2, 0) is 14.8 Å². The summed E-state index contributed by atoms with van der Waals surface area (Å²) >= 11 is 0. The predicted molar refractivity (Wildman–Crippen MR) is 103 cm³/mol. The van der Waals surface area contributed by atoms with Crippen LogP contribution in [0.1, 0.15) is 0 Å². The number of hydrogen-bond acceptors (Lipinski definition) is 5. The molecule has 0 aliphatic carbocycles. The van der Waals surface area contributed by atoms with Crippen LogP contribution < -0.4 is 14.4 Å². The van der Waals surface area contributed by atoms with Gasteiger partial charge in [-0.25, -0.2) is 13.1 Å². The summed E-state index contributed by atoms with van der Waals surface area (Å²) in [5.74, 6) is 0.571. The molecular formula is C19H23N3O4S. The van der Waals surface area contributed by atoms with Crippen molar-refractivity contribution in [3.8, 4) is 5.75 Å². The molecule has 1 heterocycles. The van der Waals surface area contributed by atoms with E-state index in [-0.39, 0.29) is 17.3 Å². The maximum atomic E-state index is 12.4. The number of sulfonamides is 1. The van der Waals surface area contributed by atoms with Crippen molar-refractivity contribution < 1.29 is 17.9 Å². The van der Waals surface area contributed by atoms with E-state index in [1.165, 1.54) is 12.1 Å². The fraction of sp³-hybridized carbons (Fsp3) is 0.316. The SMILES string of the molecule is COc1ccccc1N1CCN(C(=O)CNS(=O)(=O)c2ccccc2)CC1. The molecule has 0 unspecified atom stereocenters. The largest absolute Gasteiger partial charge is 0.495 e. The zero-order valence-corrected chi connectivity index (χ0v) is 16.0. The van der Waals surface area contributed by atoms with E-state index in [9.17, 15) is 13.2 Å². The van der Waals surface area contributed by atoms with Gasteiger partial charge in [-0.2, -0.15) is 0 Å². The number of carbonyl (C=O) groups is 1. The van der Waals surface area contributed by atoms with Crippen molar-refractivity contribution in [3.63, 3.8) is 0 Å². The summed E-state index contributed by atoms with van der Waals surface area (Å²) < 4.78 is 32.2. The van der Waals surface area contributed by atoms with Crippen molar-refractivity contribution in [3.05, 3.63) is 54.6 Å². The molecule has 0 radical (unpaired) electrons. The highest BCUT2D eigenvalue weighted by molar-refractivity contribution is 7.89. The monoisotopic (exact) mass is 389 g/mol. The number of carbonyl (C=O) groups excluding carboxylic acids is 1. The molecule has 0 atom stereocenters. The minimum Gasteiger partial charge on any atom is -0.495 e. The Labute approximate surface area is 159 Å². The maximum Gasteiger partial charge on any atom is 0.241 e. The van der Waals surface area contributed by atoms with E-state index in [0.717, 1.165) is 11.4 Å². The fourth-order valence-corrected chi connectivity index (χ4v) is 4.03. The van der Waals surface area contributed by atoms with Gasteiger partial charge in [-0.15, -0.1) is 0 Å². The third-order valence-corrected chi connectivity index (χ3v) is 5.94. The lowest BCUT2D eigenvalue weighted by atomic mass is 10.2. The molecule has 144 valence electrons. The number of hydrogen-bond donors (Lipinski definition) is 1. The van der Waals surface area contributed by atoms with Gasteiger partial charge in [0.1, 0.15) is 5.75 Å². The van der Waals surface area contributed by atoms with Crippen molar-refractivity contribution in [1.29, 1.82) is 0 Å². The summed E-state index contributed by atoms with van der Waals surface area (Å²) in [5.41, 5.74) is 0.997. The summed E-state index contributed by atoms with van der Waals surface area (Å²) in [6.07, 6.45) is 0. The fourth-order valence-electron chi connectivity index (χ4n) is 3.04. The number of piperazine rings is 1. The first-order valence-corrected chi connectivity index (χ1v) is 10.2. The summed E-state index contributed by atoms with van der Waals surface area (Å²) in [4.78, 5) is 16.4. The topological polar surface area (TPSA) is 79.0 Å². The molecular weight excluding hydrogens is 366 g/mol. The lowest BCUT2D eigenvalue weighted by Crippen LogP contribution is -2.51. The summed E-state index contributed by atoms with van der Waals surface area (Å²) in [6.45, 7) is 2.15. The highest BCUT2D eigenvalue weighted by Crippen LogP contribution is 2.28. The van der Waals surface area contributed by atoms with Gasteiger partial charge in [0.05, 0.1) is 24.2 Å². The Morgan fingerprint density at radius 1 is 1.00 bits per heavy atom. The third kappa shape index (κ3) is 4.58. The van der Waals surface area contributed by atoms with Crippen LogP contribution in [0.5, 0.6) is 5.75 Å². The van der Waals surface area contributed by atoms with Crippen LogP contribution in [0.2, 0.25) is 0 Å². The molecule has 0 bridgehead atoms. The number of para-hydroxylation sites is 2. The Balaban J connectivity index is 1.54. The molecule has 1 fully saturated rings. The minimum atomic E-state index is -3.68. The summed E-state index contributed by atoms with van der Waals surface area (Å²) in [6, 6.07) is 15.8. The van der Waals surface area contributed by atoms with Gasteiger partial charge in [-0.1, -0.05) is 30.3 Å². The second kappa shape index (κ2) is 8.41. The second-order valence-corrected chi connectivity index (χ2v) is 7.94. The number of nitrogens with zero attached hydrogens (tertiary/aromatic N) is 2. The molecule has 7 nitrogen and oxygen atoms in total. The molecule has 3 rings (SSSR count). The quantitative estimate of drug-likeness (QED) is 0.806. The van der Waals surface area contributed by atoms with E-state index in [1.54, 1.807) is 30.2 Å². The van der Waals surface area contributed by atoms with Crippen molar-refractivity contribution in [1.82, 2.24) is 9.62 Å². The Hall–Kier alpha value is -2.58. The molecule has 0 spiro atoms. The lowest BCUT2D eigenvalue weighted by molar-refractivity contribution is -0.130. The minimum absolute atomic E-state index is 0.152. The van der Waals surface area contributed by atoms with Crippen LogP contribution >= 0.6 is 0 Å². The number of nitrogens with one attached hydrogen (secondary N) is 1. The summed E-state index contributed by atoms with van der Waals surface area (Å²) in [7, 11) is -2.04. The van der Waals surface area contributed by atoms with Crippen molar-refractivity contribution in [2.24, 2.45) is 0 Å². The van der Waals surface area contributed by atoms with E-state index in [0.29, 0.717) is 26.2 Å². The molecule has 0 aromatic heterocycles. The number of methoxy groups -OCH3 is 1. The molecule has 1 N–H and O–H groups in total. The number of ether oxygens (including phenoxy) is 1. The van der Waals surface area contributed by atoms with Crippen LogP contribution in [0.25, 0.3) is 0 Å². The molecule has 27 heavy (non-hydrogen) atoms. The van der Waals surface area contributed by atoms with Gasteiger partial charge in [-0.05, 0) is 24.3 Å². The Kier molecular flexibility index (Phi) is 5.98. The van der Waals surface area contributed by atoms with E-state index in [2.05, 4.69) is 9.62 Å². The Bertz CT molecular complexity index is 879. The number of amides is 1. The van der Waals surface area contributed by atoms with Crippen LogP contribution in [0.3, 0.4) is 0 Å². The number of benzene rings is 2. The van der Waals surface area contributed by atoms with E-state index in [1.807, 2.05) is 24.3 Å². The molecule has 2 aromatic carbocycles. The number of anilines is 1. The maximum absolute atomic E-state index is 12.4. The van der Waals surface area contributed by atoms with Crippen LogP contribution in [0, 0.1) is 0 Å². The number of rotatable bonds is 6. The molecule has 1 saturated heterocycles. The van der Waals surface area contributed by atoms with Gasteiger partial charge in [0.25, 0.3) is 0 Å². The zero-order valence-electron chi connectivity index (χ0n) is 15.2. The van der Waals surface area contributed by atoms with Crippen molar-refractivity contribution >= 4 is 21.6 Å². The van der Waals surface area contributed by atoms with E-state index < -0.39 is 10.0 Å². The molecule has 8 heteroatoms. The average molecular weight is 389 g/mol. The smallest absolute Gasteiger partial charge is 0.241 e. The standard InChI is InChI=1S/C19H23N3O4S/c1-26-18-10-6-5-9-17(18)21-11-13-22(14-12-21)19(23)15-20-27(24,25)16-7-3-2-4-8-16/h2-10,20H,11-15H2,1H3. The predicted octanol–water partition coefficient (Wildman–Crippen LogP) is 1.32. The van der Waals surface area contributed by atoms with Crippen LogP contribution in [0.15, 0.2) is 59.5 Å². The van der Waals surface area contributed by atoms with Crippen LogP contribution in [-0.4, -0.2) is 59.1 Å².